The number of nitrogens with zero attached hydrogens (tertiary/aromatic N) is 1. The first-order valence-corrected chi connectivity index (χ1v) is 9.25. The minimum Gasteiger partial charge on any atom is -0.323 e. The number of imide groups is 1. The number of anilines is 1. The maximum atomic E-state index is 13.0. The summed E-state index contributed by atoms with van der Waals surface area (Å²) < 4.78 is 39.0. The van der Waals surface area contributed by atoms with E-state index in [1.807, 2.05) is 0 Å². The van der Waals surface area contributed by atoms with E-state index in [1.54, 1.807) is 6.07 Å². The van der Waals surface area contributed by atoms with Gasteiger partial charge in [-0.15, -0.1) is 0 Å². The first kappa shape index (κ1) is 21.9. The van der Waals surface area contributed by atoms with Crippen molar-refractivity contribution in [2.24, 2.45) is 0 Å². The Balaban J connectivity index is 1.81. The Kier molecular flexibility index (Phi) is 5.70. The summed E-state index contributed by atoms with van der Waals surface area (Å²) >= 11 is 11.9. The van der Waals surface area contributed by atoms with Gasteiger partial charge in [0.2, 0.25) is 5.91 Å². The average Bonchev–Trinajstić information content (AvgIpc) is 2.89. The first-order valence-electron chi connectivity index (χ1n) is 8.49. The van der Waals surface area contributed by atoms with E-state index >= 15 is 0 Å². The summed E-state index contributed by atoms with van der Waals surface area (Å²) in [6.45, 7) is 0.608. The Bertz CT molecular complexity index is 1050. The fourth-order valence-electron chi connectivity index (χ4n) is 2.98. The number of nitrogens with one attached hydrogen (secondary N) is 2. The van der Waals surface area contributed by atoms with Crippen LogP contribution in [0.25, 0.3) is 0 Å². The number of carbonyl (C=O) groups is 3. The fraction of sp³-hybridized carbons (Fsp3) is 0.211. The highest BCUT2D eigenvalue weighted by atomic mass is 35.5. The van der Waals surface area contributed by atoms with E-state index in [9.17, 15) is 27.6 Å². The molecule has 1 aliphatic heterocycles. The second kappa shape index (κ2) is 7.81. The van der Waals surface area contributed by atoms with Crippen LogP contribution in [-0.2, 0) is 21.3 Å². The molecule has 2 aromatic carbocycles. The Morgan fingerprint density at radius 3 is 2.50 bits per heavy atom. The molecular weight excluding hydrogens is 446 g/mol. The normalized spacial score (nSPS) is 19.1. The van der Waals surface area contributed by atoms with Crippen LogP contribution in [0.15, 0.2) is 42.5 Å². The molecule has 0 aromatic heterocycles. The van der Waals surface area contributed by atoms with Gasteiger partial charge in [-0.3, -0.25) is 14.5 Å². The van der Waals surface area contributed by atoms with Crippen LogP contribution in [0.4, 0.5) is 23.7 Å². The van der Waals surface area contributed by atoms with Crippen molar-refractivity contribution in [3.05, 3.63) is 63.6 Å². The van der Waals surface area contributed by atoms with Gasteiger partial charge in [-0.05, 0) is 36.8 Å². The molecule has 1 unspecified atom stereocenters. The lowest BCUT2D eigenvalue weighted by atomic mass is 9.90. The molecule has 2 N–H and O–H groups in total. The van der Waals surface area contributed by atoms with Crippen LogP contribution in [0.2, 0.25) is 10.0 Å². The molecule has 2 aromatic rings. The monoisotopic (exact) mass is 459 g/mol. The summed E-state index contributed by atoms with van der Waals surface area (Å²) in [7, 11) is 0. The first-order chi connectivity index (χ1) is 13.9. The van der Waals surface area contributed by atoms with E-state index in [1.165, 1.54) is 25.1 Å². The number of amides is 4. The number of urea groups is 1. The van der Waals surface area contributed by atoms with Crippen LogP contribution in [-0.4, -0.2) is 29.3 Å². The SMILES string of the molecule is CC1(c2cccc(C(F)(F)F)c2)NC(=O)N(CC(=O)Nc2cccc(Cl)c2Cl)C1=O. The lowest BCUT2D eigenvalue weighted by Gasteiger charge is -2.23. The Morgan fingerprint density at radius 2 is 1.83 bits per heavy atom. The molecule has 0 aliphatic carbocycles. The fourth-order valence-corrected chi connectivity index (χ4v) is 3.32. The van der Waals surface area contributed by atoms with Gasteiger partial charge in [0, 0.05) is 0 Å². The van der Waals surface area contributed by atoms with Crippen molar-refractivity contribution in [3.8, 4) is 0 Å². The lowest BCUT2D eigenvalue weighted by molar-refractivity contribution is -0.138. The number of hydrogen-bond acceptors (Lipinski definition) is 3. The van der Waals surface area contributed by atoms with Crippen molar-refractivity contribution in [2.75, 3.05) is 11.9 Å². The second-order valence-electron chi connectivity index (χ2n) is 6.67. The molecule has 0 saturated carbocycles. The third-order valence-corrected chi connectivity index (χ3v) is 5.39. The van der Waals surface area contributed by atoms with E-state index < -0.39 is 41.7 Å². The number of rotatable bonds is 4. The smallest absolute Gasteiger partial charge is 0.323 e. The zero-order valence-corrected chi connectivity index (χ0v) is 16.8. The quantitative estimate of drug-likeness (QED) is 0.664. The minimum absolute atomic E-state index is 0.0588. The molecule has 4 amide bonds. The number of alkyl halides is 3. The summed E-state index contributed by atoms with van der Waals surface area (Å²) in [5.74, 6) is -1.60. The van der Waals surface area contributed by atoms with Crippen molar-refractivity contribution < 1.29 is 27.6 Å². The van der Waals surface area contributed by atoms with Gasteiger partial charge in [-0.2, -0.15) is 13.2 Å². The largest absolute Gasteiger partial charge is 0.416 e. The van der Waals surface area contributed by atoms with Crippen LogP contribution >= 0.6 is 23.2 Å². The number of benzene rings is 2. The van der Waals surface area contributed by atoms with Crippen molar-refractivity contribution in [1.29, 1.82) is 0 Å². The van der Waals surface area contributed by atoms with Crippen molar-refractivity contribution in [3.63, 3.8) is 0 Å². The summed E-state index contributed by atoms with van der Waals surface area (Å²) in [4.78, 5) is 38.1. The standard InChI is InChI=1S/C19H14Cl2F3N3O3/c1-18(10-4-2-5-11(8-10)19(22,23)24)16(29)27(17(30)26-18)9-14(28)25-13-7-3-6-12(20)15(13)21/h2-8H,9H2,1H3,(H,25,28)(H,26,30). The van der Waals surface area contributed by atoms with Gasteiger partial charge < -0.3 is 10.6 Å². The highest BCUT2D eigenvalue weighted by Gasteiger charge is 2.50. The highest BCUT2D eigenvalue weighted by molar-refractivity contribution is 6.44. The molecular formula is C19H14Cl2F3N3O3. The summed E-state index contributed by atoms with van der Waals surface area (Å²) in [5, 5.41) is 5.07. The van der Waals surface area contributed by atoms with Gasteiger partial charge >= 0.3 is 12.2 Å². The van der Waals surface area contributed by atoms with Crippen molar-refractivity contribution >= 4 is 46.7 Å². The third kappa shape index (κ3) is 4.08. The molecule has 0 spiro atoms. The van der Waals surface area contributed by atoms with E-state index in [0.29, 0.717) is 4.90 Å². The molecule has 0 bridgehead atoms. The predicted octanol–water partition coefficient (Wildman–Crippen LogP) is 4.42. The van der Waals surface area contributed by atoms with Crippen molar-refractivity contribution in [2.45, 2.75) is 18.6 Å². The molecule has 1 atom stereocenters. The van der Waals surface area contributed by atoms with Crippen molar-refractivity contribution in [1.82, 2.24) is 10.2 Å². The second-order valence-corrected chi connectivity index (χ2v) is 7.46. The van der Waals surface area contributed by atoms with Crippen LogP contribution in [0, 0.1) is 0 Å². The summed E-state index contributed by atoms with van der Waals surface area (Å²) in [6.07, 6.45) is -4.62. The maximum Gasteiger partial charge on any atom is 0.416 e. The van der Waals surface area contributed by atoms with Gasteiger partial charge in [0.05, 0.1) is 21.3 Å². The Labute approximate surface area is 178 Å². The Morgan fingerprint density at radius 1 is 1.17 bits per heavy atom. The summed E-state index contributed by atoms with van der Waals surface area (Å²) in [6, 6.07) is 7.70. The molecule has 158 valence electrons. The van der Waals surface area contributed by atoms with Gasteiger partial charge in [0.25, 0.3) is 5.91 Å². The van der Waals surface area contributed by atoms with Gasteiger partial charge in [0.15, 0.2) is 0 Å². The van der Waals surface area contributed by atoms with E-state index in [-0.39, 0.29) is 21.3 Å². The van der Waals surface area contributed by atoms with E-state index in [4.69, 9.17) is 23.2 Å². The van der Waals surface area contributed by atoms with Crippen LogP contribution in [0.3, 0.4) is 0 Å². The van der Waals surface area contributed by atoms with Crippen LogP contribution in [0.1, 0.15) is 18.1 Å². The lowest BCUT2D eigenvalue weighted by Crippen LogP contribution is -2.42. The molecule has 0 radical (unpaired) electrons. The highest BCUT2D eigenvalue weighted by Crippen LogP contribution is 2.35. The molecule has 6 nitrogen and oxygen atoms in total. The van der Waals surface area contributed by atoms with Crippen LogP contribution in [0.5, 0.6) is 0 Å². The molecule has 1 heterocycles. The average molecular weight is 460 g/mol. The topological polar surface area (TPSA) is 78.5 Å². The third-order valence-electron chi connectivity index (χ3n) is 4.57. The molecule has 1 aliphatic rings. The molecule has 1 fully saturated rings. The molecule has 11 heteroatoms. The van der Waals surface area contributed by atoms with Gasteiger partial charge in [-0.25, -0.2) is 4.79 Å². The van der Waals surface area contributed by atoms with Gasteiger partial charge in [-0.1, -0.05) is 41.4 Å². The van der Waals surface area contributed by atoms with E-state index in [0.717, 1.165) is 18.2 Å². The number of hydrogen-bond donors (Lipinski definition) is 2. The molecule has 1 saturated heterocycles. The Hall–Kier alpha value is -2.78. The molecule has 30 heavy (non-hydrogen) atoms. The predicted molar refractivity (Wildman–Crippen MR) is 104 cm³/mol. The van der Waals surface area contributed by atoms with E-state index in [2.05, 4.69) is 10.6 Å². The minimum atomic E-state index is -4.62. The molecule has 3 rings (SSSR count). The number of halogens is 5. The number of carbonyl (C=O) groups excluding carboxylic acids is 3. The van der Waals surface area contributed by atoms with Crippen LogP contribution < -0.4 is 10.6 Å². The zero-order chi connectivity index (χ0) is 22.3. The van der Waals surface area contributed by atoms with Gasteiger partial charge in [0.1, 0.15) is 12.1 Å². The summed E-state index contributed by atoms with van der Waals surface area (Å²) in [5.41, 5.74) is -2.60. The zero-order valence-electron chi connectivity index (χ0n) is 15.3. The maximum absolute atomic E-state index is 13.0.